The molecule has 2 rings (SSSR count). The molecule has 8 heteroatoms. The van der Waals surface area contributed by atoms with Gasteiger partial charge in [-0.05, 0) is 13.2 Å². The van der Waals surface area contributed by atoms with Gasteiger partial charge < -0.3 is 15.0 Å². The maximum atomic E-state index is 11.7. The Hall–Kier alpha value is 0.976. The molecule has 0 saturated carbocycles. The fourth-order valence-corrected chi connectivity index (χ4v) is 4.26. The third-order valence-corrected chi connectivity index (χ3v) is 5.15. The smallest absolute Gasteiger partial charge is 0.543 e. The number of carboxylic acids is 1. The Morgan fingerprint density at radius 3 is 2.65 bits per heavy atom. The van der Waals surface area contributed by atoms with E-state index in [-0.39, 0.29) is 68.4 Å². The second kappa shape index (κ2) is 5.95. The van der Waals surface area contributed by atoms with Crippen LogP contribution in [0.15, 0.2) is 9.93 Å². The molecule has 1 unspecified atom stereocenters. The summed E-state index contributed by atoms with van der Waals surface area (Å²) in [5.74, 6) is -2.18. The molecule has 1 amide bonds. The number of carbonyl (C=O) groups is 2. The number of hydrogen-bond donors (Lipinski definition) is 1. The van der Waals surface area contributed by atoms with Gasteiger partial charge >= 0.3 is 51.4 Å². The average molecular weight is 299 g/mol. The Morgan fingerprint density at radius 2 is 2.24 bits per heavy atom. The SMILES string of the molecule is CSC1=C(C(=O)[O-])N2C(=O)[C@@H](C(C)O)[C@H]2S1.[K+]. The zero-order valence-electron chi connectivity index (χ0n) is 9.67. The number of fused-ring (bicyclic) bond motifs is 1. The first-order valence-corrected chi connectivity index (χ1v) is 6.77. The minimum Gasteiger partial charge on any atom is -0.543 e. The van der Waals surface area contributed by atoms with Crippen LogP contribution in [-0.2, 0) is 9.59 Å². The predicted molar refractivity (Wildman–Crippen MR) is 58.9 cm³/mol. The van der Waals surface area contributed by atoms with E-state index in [1.54, 1.807) is 6.26 Å². The summed E-state index contributed by atoms with van der Waals surface area (Å²) in [5, 5.41) is 20.1. The summed E-state index contributed by atoms with van der Waals surface area (Å²) in [6.07, 6.45) is 0.990. The molecule has 0 spiro atoms. The van der Waals surface area contributed by atoms with Crippen molar-refractivity contribution < 1.29 is 71.2 Å². The van der Waals surface area contributed by atoms with Crippen LogP contribution in [0.2, 0.25) is 0 Å². The van der Waals surface area contributed by atoms with E-state index in [1.165, 1.54) is 35.3 Å². The van der Waals surface area contributed by atoms with Crippen LogP contribution in [-0.4, -0.2) is 39.6 Å². The molecule has 88 valence electrons. The van der Waals surface area contributed by atoms with Gasteiger partial charge in [0.25, 0.3) is 0 Å². The first kappa shape index (κ1) is 16.0. The number of amides is 1. The topological polar surface area (TPSA) is 80.7 Å². The molecule has 17 heavy (non-hydrogen) atoms. The van der Waals surface area contributed by atoms with Gasteiger partial charge in [-0.2, -0.15) is 0 Å². The van der Waals surface area contributed by atoms with Crippen LogP contribution in [0.5, 0.6) is 0 Å². The van der Waals surface area contributed by atoms with Gasteiger partial charge in [-0.3, -0.25) is 9.69 Å². The molecule has 0 aliphatic carbocycles. The van der Waals surface area contributed by atoms with E-state index in [4.69, 9.17) is 0 Å². The van der Waals surface area contributed by atoms with Crippen molar-refractivity contribution in [1.29, 1.82) is 0 Å². The summed E-state index contributed by atoms with van der Waals surface area (Å²) in [6.45, 7) is 1.54. The van der Waals surface area contributed by atoms with Gasteiger partial charge in [0, 0.05) is 0 Å². The van der Waals surface area contributed by atoms with Crippen molar-refractivity contribution in [2.75, 3.05) is 6.26 Å². The minimum absolute atomic E-state index is 0. The molecule has 2 aliphatic rings. The quantitative estimate of drug-likeness (QED) is 0.425. The number of thioether (sulfide) groups is 2. The average Bonchev–Trinajstić information content (AvgIpc) is 2.51. The van der Waals surface area contributed by atoms with E-state index in [0.29, 0.717) is 4.24 Å². The second-order valence-corrected chi connectivity index (χ2v) is 5.81. The molecule has 0 aromatic heterocycles. The number of β-lactam (4-membered cyclic amide) rings is 1. The number of aliphatic carboxylic acids is 1. The van der Waals surface area contributed by atoms with Gasteiger partial charge in [0.05, 0.1) is 27.9 Å². The molecule has 2 heterocycles. The van der Waals surface area contributed by atoms with Crippen molar-refractivity contribution in [3.05, 3.63) is 9.93 Å². The third kappa shape index (κ3) is 2.51. The van der Waals surface area contributed by atoms with Crippen molar-refractivity contribution in [1.82, 2.24) is 4.90 Å². The predicted octanol–water partition coefficient (Wildman–Crippen LogP) is -3.82. The van der Waals surface area contributed by atoms with E-state index in [0.717, 1.165) is 0 Å². The van der Waals surface area contributed by atoms with Crippen LogP contribution < -0.4 is 56.5 Å². The fraction of sp³-hybridized carbons (Fsp3) is 0.556. The second-order valence-electron chi connectivity index (χ2n) is 3.61. The van der Waals surface area contributed by atoms with Gasteiger partial charge in [0.2, 0.25) is 5.91 Å². The summed E-state index contributed by atoms with van der Waals surface area (Å²) >= 11 is 2.58. The Morgan fingerprint density at radius 1 is 1.65 bits per heavy atom. The molecule has 0 radical (unpaired) electrons. The largest absolute Gasteiger partial charge is 1.00 e. The van der Waals surface area contributed by atoms with Gasteiger partial charge in [-0.1, -0.05) is 11.8 Å². The first-order chi connectivity index (χ1) is 7.49. The molecule has 5 nitrogen and oxygen atoms in total. The number of aliphatic hydroxyl groups excluding tert-OH is 1. The zero-order chi connectivity index (χ0) is 12.0. The molecule has 1 N–H and O–H groups in total. The summed E-state index contributed by atoms with van der Waals surface area (Å²) < 4.78 is 0.571. The molecular weight excluding hydrogens is 289 g/mol. The zero-order valence-corrected chi connectivity index (χ0v) is 14.4. The number of rotatable bonds is 3. The molecule has 3 atom stereocenters. The van der Waals surface area contributed by atoms with E-state index in [2.05, 4.69) is 0 Å². The minimum atomic E-state index is -1.34. The van der Waals surface area contributed by atoms with Crippen molar-refractivity contribution >= 4 is 35.4 Å². The van der Waals surface area contributed by atoms with Crippen LogP contribution in [0.25, 0.3) is 0 Å². The molecule has 0 bridgehead atoms. The van der Waals surface area contributed by atoms with E-state index < -0.39 is 18.0 Å². The van der Waals surface area contributed by atoms with Crippen molar-refractivity contribution in [2.45, 2.75) is 18.4 Å². The Labute approximate surface area is 150 Å². The first-order valence-electron chi connectivity index (χ1n) is 4.66. The number of aliphatic hydroxyl groups is 1. The van der Waals surface area contributed by atoms with Crippen LogP contribution in [0.4, 0.5) is 0 Å². The number of carbonyl (C=O) groups excluding carboxylic acids is 2. The number of hydrogen-bond acceptors (Lipinski definition) is 6. The van der Waals surface area contributed by atoms with Gasteiger partial charge in [-0.15, -0.1) is 11.8 Å². The molecule has 1 saturated heterocycles. The molecule has 0 aromatic carbocycles. The van der Waals surface area contributed by atoms with Gasteiger partial charge in [0.1, 0.15) is 5.37 Å². The molecule has 1 fully saturated rings. The Kier molecular flexibility index (Phi) is 5.62. The van der Waals surface area contributed by atoms with Crippen LogP contribution >= 0.6 is 23.5 Å². The van der Waals surface area contributed by atoms with Crippen molar-refractivity contribution in [3.8, 4) is 0 Å². The third-order valence-electron chi connectivity index (χ3n) is 2.64. The van der Waals surface area contributed by atoms with Crippen molar-refractivity contribution in [3.63, 3.8) is 0 Å². The number of nitrogens with zero attached hydrogens (tertiary/aromatic N) is 1. The monoisotopic (exact) mass is 299 g/mol. The summed E-state index contributed by atoms with van der Waals surface area (Å²) in [5.41, 5.74) is -0.0515. The molecule has 2 aliphatic heterocycles. The van der Waals surface area contributed by atoms with Gasteiger partial charge in [0.15, 0.2) is 0 Å². The normalized spacial score (nSPS) is 28.4. The maximum absolute atomic E-state index is 11.7. The molecule has 0 aromatic rings. The van der Waals surface area contributed by atoms with Gasteiger partial charge in [-0.25, -0.2) is 0 Å². The van der Waals surface area contributed by atoms with Crippen molar-refractivity contribution in [2.24, 2.45) is 5.92 Å². The van der Waals surface area contributed by atoms with E-state index >= 15 is 0 Å². The summed E-state index contributed by atoms with van der Waals surface area (Å²) in [4.78, 5) is 23.8. The van der Waals surface area contributed by atoms with Crippen LogP contribution in [0.3, 0.4) is 0 Å². The van der Waals surface area contributed by atoms with Crippen LogP contribution in [0.1, 0.15) is 6.92 Å². The summed E-state index contributed by atoms with van der Waals surface area (Å²) in [6, 6.07) is 0. The maximum Gasteiger partial charge on any atom is 1.00 e. The Bertz CT molecular complexity index is 398. The van der Waals surface area contributed by atoms with Crippen LogP contribution in [0, 0.1) is 5.92 Å². The fourth-order valence-electron chi connectivity index (χ4n) is 1.88. The Balaban J connectivity index is 0.00000144. The number of carboxylic acid groups (broad SMARTS) is 1. The summed E-state index contributed by atoms with van der Waals surface area (Å²) in [7, 11) is 0. The van der Waals surface area contributed by atoms with E-state index in [1.807, 2.05) is 0 Å². The molecular formula is C9H10KNO4S2. The van der Waals surface area contributed by atoms with E-state index in [9.17, 15) is 19.8 Å². The standard InChI is InChI=1S/C9H11NO4S2.K/c1-3(11)4-6(12)10-5(8(13)14)9(15-2)16-7(4)10;/h3-4,7,11H,1-2H3,(H,13,14);/q;+1/p-1/t3?,4-,7-;/m1./s1.